The van der Waals surface area contributed by atoms with Gasteiger partial charge in [-0.3, -0.25) is 4.79 Å². The van der Waals surface area contributed by atoms with Crippen LogP contribution in [0.25, 0.3) is 0 Å². The molecule has 2 saturated carbocycles. The van der Waals surface area contributed by atoms with Gasteiger partial charge in [0, 0.05) is 5.92 Å². The number of hydrogen-bond acceptors (Lipinski definition) is 2. The van der Waals surface area contributed by atoms with Crippen molar-refractivity contribution in [3.8, 4) is 0 Å². The van der Waals surface area contributed by atoms with E-state index >= 15 is 0 Å². The molecule has 2 heteroatoms. The van der Waals surface area contributed by atoms with Gasteiger partial charge in [-0.05, 0) is 30.6 Å². The summed E-state index contributed by atoms with van der Waals surface area (Å²) < 4.78 is 0. The lowest BCUT2D eigenvalue weighted by Crippen LogP contribution is -2.55. The first kappa shape index (κ1) is 7.96. The van der Waals surface area contributed by atoms with Gasteiger partial charge in [-0.2, -0.15) is 0 Å². The van der Waals surface area contributed by atoms with E-state index in [0.717, 1.165) is 12.2 Å². The molecule has 0 aromatic rings. The Morgan fingerprint density at radius 2 is 2.08 bits per heavy atom. The molecule has 0 aliphatic heterocycles. The normalized spacial score (nSPS) is 43.8. The van der Waals surface area contributed by atoms with E-state index in [-0.39, 0.29) is 18.1 Å². The second kappa shape index (κ2) is 2.68. The van der Waals surface area contributed by atoms with Gasteiger partial charge < -0.3 is 4.79 Å². The fourth-order valence-corrected chi connectivity index (χ4v) is 2.91. The largest absolute Gasteiger partial charge is 0.303 e. The van der Waals surface area contributed by atoms with Gasteiger partial charge in [-0.1, -0.05) is 6.92 Å². The molecule has 0 saturated heterocycles. The van der Waals surface area contributed by atoms with E-state index in [2.05, 4.69) is 6.92 Å². The topological polar surface area (TPSA) is 34.1 Å². The number of ketones is 1. The Morgan fingerprint density at radius 1 is 1.42 bits per heavy atom. The van der Waals surface area contributed by atoms with Gasteiger partial charge in [-0.15, -0.1) is 0 Å². The molecule has 0 radical (unpaired) electrons. The zero-order valence-electron chi connectivity index (χ0n) is 7.32. The summed E-state index contributed by atoms with van der Waals surface area (Å²) in [6, 6.07) is 0. The zero-order chi connectivity index (χ0) is 8.72. The minimum absolute atomic E-state index is 0.137. The summed E-state index contributed by atoms with van der Waals surface area (Å²) in [7, 11) is 0. The van der Waals surface area contributed by atoms with Crippen LogP contribution in [0, 0.1) is 23.7 Å². The molecule has 2 nitrogen and oxygen atoms in total. The van der Waals surface area contributed by atoms with Crippen LogP contribution in [0.3, 0.4) is 0 Å². The van der Waals surface area contributed by atoms with Crippen LogP contribution in [0.4, 0.5) is 0 Å². The highest BCUT2D eigenvalue weighted by Gasteiger charge is 2.55. The number of Topliss-reactive ketones (excluding diaryl/α,β-unsaturated/α-hetero) is 1. The van der Waals surface area contributed by atoms with Crippen molar-refractivity contribution < 1.29 is 9.59 Å². The number of carbonyl (C=O) groups is 2. The molecule has 4 unspecified atom stereocenters. The Bertz CT molecular complexity index is 216. The van der Waals surface area contributed by atoms with Crippen molar-refractivity contribution in [1.29, 1.82) is 0 Å². The maximum Gasteiger partial charge on any atom is 0.143 e. The molecular formula is C10H14O2. The van der Waals surface area contributed by atoms with Crippen LogP contribution in [-0.4, -0.2) is 12.1 Å². The van der Waals surface area contributed by atoms with Crippen LogP contribution >= 0.6 is 0 Å². The monoisotopic (exact) mass is 166 g/mol. The predicted molar refractivity (Wildman–Crippen MR) is 44.6 cm³/mol. The average Bonchev–Trinajstić information content (AvgIpc) is 1.98. The molecule has 2 aliphatic rings. The van der Waals surface area contributed by atoms with Crippen molar-refractivity contribution in [3.63, 3.8) is 0 Å². The van der Waals surface area contributed by atoms with E-state index in [0.29, 0.717) is 11.8 Å². The number of rotatable bonds is 3. The Morgan fingerprint density at radius 3 is 2.50 bits per heavy atom. The standard InChI is InChI=1S/C10H14O2/c1-6-7-2-3-8(7)10(6)9(12)4-5-11/h5-8,10H,2-4H2,1H3. The van der Waals surface area contributed by atoms with E-state index in [4.69, 9.17) is 0 Å². The maximum atomic E-state index is 11.4. The molecule has 0 amide bonds. The molecule has 0 N–H and O–H groups in total. The Kier molecular flexibility index (Phi) is 1.78. The molecule has 2 rings (SSSR count). The van der Waals surface area contributed by atoms with Gasteiger partial charge in [0.1, 0.15) is 12.1 Å². The van der Waals surface area contributed by atoms with E-state index in [9.17, 15) is 9.59 Å². The second-order valence-electron chi connectivity index (χ2n) is 4.13. The third kappa shape index (κ3) is 0.869. The van der Waals surface area contributed by atoms with Gasteiger partial charge in [0.15, 0.2) is 0 Å². The molecule has 0 aromatic heterocycles. The van der Waals surface area contributed by atoms with Crippen LogP contribution in [0.5, 0.6) is 0 Å². The minimum atomic E-state index is 0.137. The lowest BCUT2D eigenvalue weighted by molar-refractivity contribution is -0.150. The van der Waals surface area contributed by atoms with Crippen molar-refractivity contribution in [3.05, 3.63) is 0 Å². The van der Waals surface area contributed by atoms with Gasteiger partial charge in [-0.25, -0.2) is 0 Å². The second-order valence-corrected chi connectivity index (χ2v) is 4.13. The summed E-state index contributed by atoms with van der Waals surface area (Å²) in [6.07, 6.45) is 3.39. The highest BCUT2D eigenvalue weighted by molar-refractivity contribution is 5.92. The number of fused-ring (bicyclic) bond motifs is 1. The van der Waals surface area contributed by atoms with Crippen LogP contribution in [-0.2, 0) is 9.59 Å². The highest BCUT2D eigenvalue weighted by atomic mass is 16.1. The number of hydrogen-bond donors (Lipinski definition) is 0. The van der Waals surface area contributed by atoms with Gasteiger partial charge >= 0.3 is 0 Å². The zero-order valence-corrected chi connectivity index (χ0v) is 7.32. The van der Waals surface area contributed by atoms with Gasteiger partial charge in [0.25, 0.3) is 0 Å². The van der Waals surface area contributed by atoms with Crippen LogP contribution < -0.4 is 0 Å². The Balaban J connectivity index is 1.96. The summed E-state index contributed by atoms with van der Waals surface area (Å²) in [6.45, 7) is 2.15. The van der Waals surface area contributed by atoms with E-state index in [1.165, 1.54) is 12.8 Å². The van der Waals surface area contributed by atoms with Crippen molar-refractivity contribution in [1.82, 2.24) is 0 Å². The minimum Gasteiger partial charge on any atom is -0.303 e. The predicted octanol–water partition coefficient (Wildman–Crippen LogP) is 1.44. The molecule has 2 aliphatic carbocycles. The van der Waals surface area contributed by atoms with Crippen molar-refractivity contribution >= 4 is 12.1 Å². The lowest BCUT2D eigenvalue weighted by atomic mass is 9.46. The summed E-state index contributed by atoms with van der Waals surface area (Å²) >= 11 is 0. The first-order valence-electron chi connectivity index (χ1n) is 4.72. The smallest absolute Gasteiger partial charge is 0.143 e. The molecule has 0 aromatic carbocycles. The maximum absolute atomic E-state index is 11.4. The van der Waals surface area contributed by atoms with Gasteiger partial charge in [0.2, 0.25) is 0 Å². The summed E-state index contributed by atoms with van der Waals surface area (Å²) in [5, 5.41) is 0. The van der Waals surface area contributed by atoms with Gasteiger partial charge in [0.05, 0.1) is 6.42 Å². The van der Waals surface area contributed by atoms with Crippen LogP contribution in [0.15, 0.2) is 0 Å². The number of aldehydes is 1. The molecule has 0 spiro atoms. The molecule has 12 heavy (non-hydrogen) atoms. The lowest BCUT2D eigenvalue weighted by Gasteiger charge is -2.57. The third-order valence-electron chi connectivity index (χ3n) is 3.74. The SMILES string of the molecule is CC1C2CCC2C1C(=O)CC=O. The summed E-state index contributed by atoms with van der Waals surface area (Å²) in [5.41, 5.74) is 0. The van der Waals surface area contributed by atoms with E-state index < -0.39 is 0 Å². The fraction of sp³-hybridized carbons (Fsp3) is 0.800. The fourth-order valence-electron chi connectivity index (χ4n) is 2.91. The quantitative estimate of drug-likeness (QED) is 0.469. The highest BCUT2D eigenvalue weighted by Crippen LogP contribution is 2.58. The summed E-state index contributed by atoms with van der Waals surface area (Å²) in [4.78, 5) is 21.5. The molecule has 4 atom stereocenters. The molecule has 2 fully saturated rings. The van der Waals surface area contributed by atoms with Crippen molar-refractivity contribution in [2.24, 2.45) is 23.7 Å². The van der Waals surface area contributed by atoms with E-state index in [1.54, 1.807) is 0 Å². The van der Waals surface area contributed by atoms with Crippen molar-refractivity contribution in [2.45, 2.75) is 26.2 Å². The molecule has 0 heterocycles. The van der Waals surface area contributed by atoms with E-state index in [1.807, 2.05) is 0 Å². The molecular weight excluding hydrogens is 152 g/mol. The summed E-state index contributed by atoms with van der Waals surface area (Å²) in [5.74, 6) is 2.42. The molecule has 0 bridgehead atoms. The Hall–Kier alpha value is -0.660. The van der Waals surface area contributed by atoms with Crippen molar-refractivity contribution in [2.75, 3.05) is 0 Å². The van der Waals surface area contributed by atoms with Crippen LogP contribution in [0.1, 0.15) is 26.2 Å². The third-order valence-corrected chi connectivity index (χ3v) is 3.74. The average molecular weight is 166 g/mol. The van der Waals surface area contributed by atoms with Crippen LogP contribution in [0.2, 0.25) is 0 Å². The molecule has 66 valence electrons. The first-order valence-corrected chi connectivity index (χ1v) is 4.72. The number of carbonyl (C=O) groups excluding carboxylic acids is 2. The first-order chi connectivity index (χ1) is 5.75. The Labute approximate surface area is 72.3 Å².